The summed E-state index contributed by atoms with van der Waals surface area (Å²) in [5, 5.41) is 4.30. The molecule has 0 radical (unpaired) electrons. The fourth-order valence-corrected chi connectivity index (χ4v) is 4.85. The van der Waals surface area contributed by atoms with Gasteiger partial charge in [0.15, 0.2) is 5.65 Å². The van der Waals surface area contributed by atoms with E-state index >= 15 is 0 Å². The zero-order valence-electron chi connectivity index (χ0n) is 16.4. The van der Waals surface area contributed by atoms with Gasteiger partial charge >= 0.3 is 0 Å². The van der Waals surface area contributed by atoms with E-state index in [1.807, 2.05) is 36.4 Å². The number of imidazole rings is 1. The van der Waals surface area contributed by atoms with Crippen LogP contribution in [0.15, 0.2) is 60.9 Å². The summed E-state index contributed by atoms with van der Waals surface area (Å²) in [4.78, 5) is 16.7. The predicted molar refractivity (Wildman–Crippen MR) is 119 cm³/mol. The second-order valence-electron chi connectivity index (χ2n) is 7.99. The molecule has 0 aliphatic carbocycles. The topological polar surface area (TPSA) is 58.9 Å². The van der Waals surface area contributed by atoms with Crippen molar-refractivity contribution in [2.45, 2.75) is 24.9 Å². The molecule has 7 heteroatoms. The maximum Gasteiger partial charge on any atom is 0.167 e. The number of nitrogens with zero attached hydrogens (tertiary/aromatic N) is 5. The van der Waals surface area contributed by atoms with Crippen LogP contribution in [0.1, 0.15) is 12.8 Å². The molecule has 3 saturated heterocycles. The first-order valence-electron chi connectivity index (χ1n) is 10.3. The lowest BCUT2D eigenvalue weighted by atomic mass is 9.93. The average molecular weight is 417 g/mol. The molecule has 3 fully saturated rings. The van der Waals surface area contributed by atoms with Gasteiger partial charge in [-0.25, -0.2) is 9.97 Å². The largest absolute Gasteiger partial charge is 0.351 e. The maximum absolute atomic E-state index is 6.28. The van der Waals surface area contributed by atoms with Gasteiger partial charge in [-0.3, -0.25) is 9.55 Å². The lowest BCUT2D eigenvalue weighted by molar-refractivity contribution is 0.289. The van der Waals surface area contributed by atoms with Gasteiger partial charge in [0, 0.05) is 48.2 Å². The number of pyridine rings is 2. The van der Waals surface area contributed by atoms with Gasteiger partial charge in [-0.15, -0.1) is 0 Å². The Morgan fingerprint density at radius 2 is 1.90 bits per heavy atom. The van der Waals surface area contributed by atoms with E-state index in [0.717, 1.165) is 47.1 Å². The van der Waals surface area contributed by atoms with Gasteiger partial charge in [0.25, 0.3) is 0 Å². The highest BCUT2D eigenvalue weighted by Gasteiger charge is 2.34. The lowest BCUT2D eigenvalue weighted by Crippen LogP contribution is -2.61. The third-order valence-corrected chi connectivity index (χ3v) is 6.37. The minimum absolute atomic E-state index is 0.504. The highest BCUT2D eigenvalue weighted by Crippen LogP contribution is 2.32. The summed E-state index contributed by atoms with van der Waals surface area (Å²) in [6, 6.07) is 17.0. The molecular formula is C23H21ClN6. The van der Waals surface area contributed by atoms with Crippen LogP contribution in [0.3, 0.4) is 0 Å². The molecule has 0 saturated carbocycles. The molecule has 0 amide bonds. The number of rotatable bonds is 3. The van der Waals surface area contributed by atoms with Gasteiger partial charge in [-0.1, -0.05) is 23.7 Å². The van der Waals surface area contributed by atoms with E-state index in [1.54, 1.807) is 12.4 Å². The van der Waals surface area contributed by atoms with E-state index in [-0.39, 0.29) is 0 Å². The van der Waals surface area contributed by atoms with Crippen molar-refractivity contribution in [2.75, 3.05) is 18.0 Å². The molecule has 7 rings (SSSR count). The summed E-state index contributed by atoms with van der Waals surface area (Å²) in [6.07, 6.45) is 6.05. The number of hydrogen-bond acceptors (Lipinski definition) is 5. The Bertz CT molecular complexity index is 1210. The third kappa shape index (κ3) is 2.95. The zero-order valence-corrected chi connectivity index (χ0v) is 17.1. The molecule has 3 aromatic heterocycles. The number of hydrogen-bond donors (Lipinski definition) is 1. The Balaban J connectivity index is 1.55. The SMILES string of the molecule is Clc1cccc(-c2nc3ccc(N4CC5CCC4CN5)nc3n2-c2ccncc2)c1. The van der Waals surface area contributed by atoms with Crippen molar-refractivity contribution < 1.29 is 0 Å². The molecule has 4 aromatic rings. The molecular weight excluding hydrogens is 396 g/mol. The number of anilines is 1. The van der Waals surface area contributed by atoms with Crippen LogP contribution < -0.4 is 10.2 Å². The first-order valence-corrected chi connectivity index (χ1v) is 10.7. The summed E-state index contributed by atoms with van der Waals surface area (Å²) in [5.74, 6) is 1.84. The van der Waals surface area contributed by atoms with Crippen molar-refractivity contribution >= 4 is 28.6 Å². The Morgan fingerprint density at radius 3 is 2.63 bits per heavy atom. The van der Waals surface area contributed by atoms with Crippen molar-refractivity contribution in [2.24, 2.45) is 0 Å². The van der Waals surface area contributed by atoms with Crippen LogP contribution in [-0.4, -0.2) is 44.7 Å². The fraction of sp³-hybridized carbons (Fsp3) is 0.261. The normalized spacial score (nSPS) is 20.8. The molecule has 1 N–H and O–H groups in total. The quantitative estimate of drug-likeness (QED) is 0.545. The number of benzene rings is 1. The molecule has 6 nitrogen and oxygen atoms in total. The minimum Gasteiger partial charge on any atom is -0.351 e. The molecule has 2 unspecified atom stereocenters. The monoisotopic (exact) mass is 416 g/mol. The van der Waals surface area contributed by atoms with Crippen molar-refractivity contribution in [1.82, 2.24) is 24.8 Å². The van der Waals surface area contributed by atoms with Crippen LogP contribution in [-0.2, 0) is 0 Å². The number of aromatic nitrogens is 4. The Morgan fingerprint density at radius 1 is 1.00 bits per heavy atom. The van der Waals surface area contributed by atoms with E-state index in [0.29, 0.717) is 17.1 Å². The second kappa shape index (κ2) is 7.07. The number of nitrogens with one attached hydrogen (secondary N) is 1. The number of piperazine rings is 1. The van der Waals surface area contributed by atoms with Crippen LogP contribution in [0.25, 0.3) is 28.2 Å². The number of fused-ring (bicyclic) bond motifs is 4. The molecule has 3 aliphatic heterocycles. The molecule has 30 heavy (non-hydrogen) atoms. The fourth-order valence-electron chi connectivity index (χ4n) is 4.66. The van der Waals surface area contributed by atoms with E-state index in [1.165, 1.54) is 12.8 Å². The molecule has 6 heterocycles. The molecule has 1 aromatic carbocycles. The minimum atomic E-state index is 0.504. The van der Waals surface area contributed by atoms with Gasteiger partial charge in [-0.05, 0) is 49.2 Å². The standard InChI is InChI=1S/C23H21ClN6/c24-16-3-1-2-15(12-16)22-27-20-6-7-21(29-14-17-4-5-19(29)13-26-17)28-23(20)30(22)18-8-10-25-11-9-18/h1-3,6-12,17,19,26H,4-5,13-14H2. The zero-order chi connectivity index (χ0) is 20.1. The van der Waals surface area contributed by atoms with Crippen LogP contribution in [0, 0.1) is 0 Å². The molecule has 3 aliphatic rings. The van der Waals surface area contributed by atoms with Crippen molar-refractivity contribution in [3.05, 3.63) is 65.9 Å². The Hall–Kier alpha value is -2.96. The first-order chi connectivity index (χ1) is 14.8. The molecule has 2 atom stereocenters. The summed E-state index contributed by atoms with van der Waals surface area (Å²) < 4.78 is 2.10. The van der Waals surface area contributed by atoms with Crippen LogP contribution >= 0.6 is 11.6 Å². The van der Waals surface area contributed by atoms with Gasteiger partial charge in [0.1, 0.15) is 17.2 Å². The average Bonchev–Trinajstić information content (AvgIpc) is 3.19. The van der Waals surface area contributed by atoms with Gasteiger partial charge in [-0.2, -0.15) is 0 Å². The Labute approximate surface area is 179 Å². The Kier molecular flexibility index (Phi) is 4.21. The van der Waals surface area contributed by atoms with Gasteiger partial charge in [0.2, 0.25) is 0 Å². The summed E-state index contributed by atoms with van der Waals surface area (Å²) in [7, 11) is 0. The summed E-state index contributed by atoms with van der Waals surface area (Å²) >= 11 is 6.28. The highest BCUT2D eigenvalue weighted by atomic mass is 35.5. The van der Waals surface area contributed by atoms with E-state index in [9.17, 15) is 0 Å². The highest BCUT2D eigenvalue weighted by molar-refractivity contribution is 6.30. The van der Waals surface area contributed by atoms with Gasteiger partial charge in [0.05, 0.1) is 5.69 Å². The third-order valence-electron chi connectivity index (χ3n) is 6.14. The number of halogens is 1. The predicted octanol–water partition coefficient (Wildman–Crippen LogP) is 4.08. The van der Waals surface area contributed by atoms with Crippen molar-refractivity contribution in [1.29, 1.82) is 0 Å². The number of piperidine rings is 2. The van der Waals surface area contributed by atoms with Crippen molar-refractivity contribution in [3.63, 3.8) is 0 Å². The van der Waals surface area contributed by atoms with E-state index in [4.69, 9.17) is 21.6 Å². The van der Waals surface area contributed by atoms with E-state index < -0.39 is 0 Å². The maximum atomic E-state index is 6.28. The van der Waals surface area contributed by atoms with E-state index in [2.05, 4.69) is 31.9 Å². The van der Waals surface area contributed by atoms with Crippen LogP contribution in [0.4, 0.5) is 5.82 Å². The molecule has 0 spiro atoms. The summed E-state index contributed by atoms with van der Waals surface area (Å²) in [6.45, 7) is 2.04. The lowest BCUT2D eigenvalue weighted by Gasteiger charge is -2.46. The molecule has 2 bridgehead atoms. The van der Waals surface area contributed by atoms with Crippen LogP contribution in [0.5, 0.6) is 0 Å². The summed E-state index contributed by atoms with van der Waals surface area (Å²) in [5.41, 5.74) is 3.66. The molecule has 150 valence electrons. The first kappa shape index (κ1) is 17.9. The van der Waals surface area contributed by atoms with Gasteiger partial charge < -0.3 is 10.2 Å². The smallest absolute Gasteiger partial charge is 0.167 e. The van der Waals surface area contributed by atoms with Crippen molar-refractivity contribution in [3.8, 4) is 17.1 Å². The second-order valence-corrected chi connectivity index (χ2v) is 8.42. The van der Waals surface area contributed by atoms with Crippen LogP contribution in [0.2, 0.25) is 5.02 Å².